The summed E-state index contributed by atoms with van der Waals surface area (Å²) in [5.41, 5.74) is -0.0600. The highest BCUT2D eigenvalue weighted by atomic mass is 79.9. The summed E-state index contributed by atoms with van der Waals surface area (Å²) in [6.45, 7) is -0.522. The smallest absolute Gasteiger partial charge is 0.341 e. The van der Waals surface area contributed by atoms with Crippen molar-refractivity contribution in [3.8, 4) is 0 Å². The number of esters is 1. The van der Waals surface area contributed by atoms with Crippen LogP contribution in [0.1, 0.15) is 20.7 Å². The summed E-state index contributed by atoms with van der Waals surface area (Å²) in [7, 11) is 0. The second-order valence-corrected chi connectivity index (χ2v) is 5.05. The first-order valence-electron chi connectivity index (χ1n) is 5.88. The van der Waals surface area contributed by atoms with Crippen molar-refractivity contribution in [2.75, 3.05) is 6.61 Å². The Bertz CT molecular complexity index is 701. The first-order chi connectivity index (χ1) is 9.97. The molecular weight excluding hydrogens is 346 g/mol. The molecule has 0 aromatic heterocycles. The van der Waals surface area contributed by atoms with E-state index in [1.807, 2.05) is 0 Å². The van der Waals surface area contributed by atoms with Crippen molar-refractivity contribution in [1.29, 1.82) is 0 Å². The van der Waals surface area contributed by atoms with E-state index in [1.165, 1.54) is 0 Å². The van der Waals surface area contributed by atoms with Crippen LogP contribution in [0.5, 0.6) is 0 Å². The Morgan fingerprint density at radius 1 is 1.10 bits per heavy atom. The molecular formula is C15H9BrF2O3. The Kier molecular flexibility index (Phi) is 4.80. The summed E-state index contributed by atoms with van der Waals surface area (Å²) in [6.07, 6.45) is 0. The Morgan fingerprint density at radius 3 is 2.52 bits per heavy atom. The molecule has 0 saturated carbocycles. The van der Waals surface area contributed by atoms with Crippen LogP contribution in [0.4, 0.5) is 8.78 Å². The number of benzene rings is 2. The number of carbonyl (C=O) groups is 2. The summed E-state index contributed by atoms with van der Waals surface area (Å²) >= 11 is 3.22. The van der Waals surface area contributed by atoms with Crippen LogP contribution in [0, 0.1) is 11.6 Å². The molecule has 0 unspecified atom stereocenters. The minimum absolute atomic E-state index is 0.358. The summed E-state index contributed by atoms with van der Waals surface area (Å²) in [5, 5.41) is 0. The van der Waals surface area contributed by atoms with Crippen molar-refractivity contribution in [2.24, 2.45) is 0 Å². The lowest BCUT2D eigenvalue weighted by atomic mass is 10.1. The van der Waals surface area contributed by atoms with Gasteiger partial charge in [0.05, 0.1) is 5.56 Å². The lowest BCUT2D eigenvalue weighted by molar-refractivity contribution is 0.0470. The highest BCUT2D eigenvalue weighted by Gasteiger charge is 2.16. The predicted octanol–water partition coefficient (Wildman–Crippen LogP) is 3.77. The van der Waals surface area contributed by atoms with Gasteiger partial charge in [-0.1, -0.05) is 28.1 Å². The zero-order valence-corrected chi connectivity index (χ0v) is 12.2. The largest absolute Gasteiger partial charge is 0.454 e. The zero-order valence-electron chi connectivity index (χ0n) is 10.6. The Labute approximate surface area is 127 Å². The van der Waals surface area contributed by atoms with E-state index in [2.05, 4.69) is 15.9 Å². The molecule has 0 aliphatic rings. The van der Waals surface area contributed by atoms with Gasteiger partial charge in [0.1, 0.15) is 11.6 Å². The molecule has 2 rings (SSSR count). The van der Waals surface area contributed by atoms with Crippen molar-refractivity contribution in [3.63, 3.8) is 0 Å². The second kappa shape index (κ2) is 6.58. The van der Waals surface area contributed by atoms with Crippen LogP contribution in [0.3, 0.4) is 0 Å². The van der Waals surface area contributed by atoms with E-state index in [0.29, 0.717) is 16.1 Å². The molecule has 108 valence electrons. The highest BCUT2D eigenvalue weighted by molar-refractivity contribution is 9.10. The molecule has 0 saturated heterocycles. The fraction of sp³-hybridized carbons (Fsp3) is 0.0667. The number of carbonyl (C=O) groups excluding carboxylic acids is 2. The molecule has 0 heterocycles. The van der Waals surface area contributed by atoms with E-state index in [4.69, 9.17) is 4.74 Å². The van der Waals surface area contributed by atoms with Gasteiger partial charge in [-0.05, 0) is 24.3 Å². The van der Waals surface area contributed by atoms with E-state index < -0.39 is 35.6 Å². The molecule has 3 nitrogen and oxygen atoms in total. The maximum atomic E-state index is 13.4. The number of hydrogen-bond donors (Lipinski definition) is 0. The Balaban J connectivity index is 2.02. The van der Waals surface area contributed by atoms with Gasteiger partial charge in [-0.3, -0.25) is 4.79 Å². The zero-order chi connectivity index (χ0) is 15.4. The third-order valence-corrected chi connectivity index (χ3v) is 3.13. The molecule has 6 heteroatoms. The lowest BCUT2D eigenvalue weighted by Gasteiger charge is -2.05. The van der Waals surface area contributed by atoms with Crippen molar-refractivity contribution < 1.29 is 23.1 Å². The van der Waals surface area contributed by atoms with Crippen LogP contribution in [-0.2, 0) is 4.74 Å². The molecule has 0 N–H and O–H groups in total. The van der Waals surface area contributed by atoms with Gasteiger partial charge in [0.15, 0.2) is 12.4 Å². The number of ether oxygens (including phenoxy) is 1. The standard InChI is InChI=1S/C15H9BrF2O3/c16-10-3-1-2-9(6-10)14(19)8-21-15(20)12-5-4-11(17)7-13(12)18/h1-7H,8H2. The van der Waals surface area contributed by atoms with Crippen LogP contribution >= 0.6 is 15.9 Å². The van der Waals surface area contributed by atoms with Gasteiger partial charge in [-0.15, -0.1) is 0 Å². The van der Waals surface area contributed by atoms with Crippen molar-refractivity contribution in [1.82, 2.24) is 0 Å². The van der Waals surface area contributed by atoms with Crippen LogP contribution in [-0.4, -0.2) is 18.4 Å². The normalized spacial score (nSPS) is 10.2. The third-order valence-electron chi connectivity index (χ3n) is 2.63. The van der Waals surface area contributed by atoms with Gasteiger partial charge in [-0.2, -0.15) is 0 Å². The van der Waals surface area contributed by atoms with E-state index in [1.54, 1.807) is 24.3 Å². The fourth-order valence-electron chi connectivity index (χ4n) is 1.61. The van der Waals surface area contributed by atoms with Crippen molar-refractivity contribution in [2.45, 2.75) is 0 Å². The number of hydrogen-bond acceptors (Lipinski definition) is 3. The molecule has 0 fully saturated rings. The van der Waals surface area contributed by atoms with Crippen LogP contribution in [0.2, 0.25) is 0 Å². The van der Waals surface area contributed by atoms with Gasteiger partial charge in [0, 0.05) is 16.1 Å². The average Bonchev–Trinajstić information content (AvgIpc) is 2.44. The molecule has 0 aliphatic carbocycles. The number of Topliss-reactive ketones (excluding diaryl/α,β-unsaturated/α-hetero) is 1. The topological polar surface area (TPSA) is 43.4 Å². The molecule has 0 spiro atoms. The lowest BCUT2D eigenvalue weighted by Crippen LogP contribution is -2.15. The molecule has 2 aromatic carbocycles. The monoisotopic (exact) mass is 354 g/mol. The van der Waals surface area contributed by atoms with Gasteiger partial charge >= 0.3 is 5.97 Å². The minimum atomic E-state index is -1.03. The maximum Gasteiger partial charge on any atom is 0.341 e. The van der Waals surface area contributed by atoms with Crippen molar-refractivity contribution in [3.05, 3.63) is 69.7 Å². The first kappa shape index (κ1) is 15.3. The quantitative estimate of drug-likeness (QED) is 0.620. The van der Waals surface area contributed by atoms with Gasteiger partial charge < -0.3 is 4.74 Å². The summed E-state index contributed by atoms with van der Waals surface area (Å²) in [5.74, 6) is -3.27. The molecule has 0 atom stereocenters. The second-order valence-electron chi connectivity index (χ2n) is 4.13. The summed E-state index contributed by atoms with van der Waals surface area (Å²) in [4.78, 5) is 23.5. The van der Waals surface area contributed by atoms with Crippen LogP contribution in [0.25, 0.3) is 0 Å². The first-order valence-corrected chi connectivity index (χ1v) is 6.67. The van der Waals surface area contributed by atoms with Gasteiger partial charge in [0.2, 0.25) is 0 Å². The highest BCUT2D eigenvalue weighted by Crippen LogP contribution is 2.13. The predicted molar refractivity (Wildman–Crippen MR) is 75.1 cm³/mol. The fourth-order valence-corrected chi connectivity index (χ4v) is 2.01. The van der Waals surface area contributed by atoms with E-state index in [0.717, 1.165) is 12.1 Å². The van der Waals surface area contributed by atoms with E-state index >= 15 is 0 Å². The van der Waals surface area contributed by atoms with Crippen LogP contribution in [0.15, 0.2) is 46.9 Å². The molecule has 0 amide bonds. The minimum Gasteiger partial charge on any atom is -0.454 e. The Morgan fingerprint density at radius 2 is 1.86 bits per heavy atom. The van der Waals surface area contributed by atoms with Gasteiger partial charge in [0.25, 0.3) is 0 Å². The third kappa shape index (κ3) is 3.95. The van der Waals surface area contributed by atoms with Gasteiger partial charge in [-0.25, -0.2) is 13.6 Å². The van der Waals surface area contributed by atoms with E-state index in [9.17, 15) is 18.4 Å². The molecule has 0 radical (unpaired) electrons. The van der Waals surface area contributed by atoms with E-state index in [-0.39, 0.29) is 0 Å². The molecule has 0 bridgehead atoms. The van der Waals surface area contributed by atoms with Crippen LogP contribution < -0.4 is 0 Å². The molecule has 2 aromatic rings. The summed E-state index contributed by atoms with van der Waals surface area (Å²) < 4.78 is 31.6. The maximum absolute atomic E-state index is 13.4. The Hall–Kier alpha value is -2.08. The summed E-state index contributed by atoms with van der Waals surface area (Å²) in [6, 6.07) is 9.04. The average molecular weight is 355 g/mol. The SMILES string of the molecule is O=C(COC(=O)c1ccc(F)cc1F)c1cccc(Br)c1. The number of halogens is 3. The molecule has 21 heavy (non-hydrogen) atoms. The van der Waals surface area contributed by atoms with Crippen molar-refractivity contribution >= 4 is 27.7 Å². The number of ketones is 1. The number of rotatable bonds is 4. The molecule has 0 aliphatic heterocycles.